The van der Waals surface area contributed by atoms with E-state index >= 15 is 0 Å². The van der Waals surface area contributed by atoms with Crippen LogP contribution in [0.25, 0.3) is 0 Å². The molecular weight excluding hydrogens is 357 g/mol. The largest absolute Gasteiger partial charge is 0.481 e. The van der Waals surface area contributed by atoms with E-state index in [9.17, 15) is 9.59 Å². The first-order chi connectivity index (χ1) is 8.97. The lowest BCUT2D eigenvalue weighted by Gasteiger charge is -2.13. The third-order valence-corrected chi connectivity index (χ3v) is 4.42. The van der Waals surface area contributed by atoms with Crippen molar-refractivity contribution >= 4 is 34.5 Å². The first-order valence-electron chi connectivity index (χ1n) is 6.27. The maximum Gasteiger partial charge on any atom is 0.306 e. The normalized spacial score (nSPS) is 22.2. The molecule has 0 spiro atoms. The zero-order valence-electron chi connectivity index (χ0n) is 10.6. The number of hydrogen-bond donors (Lipinski definition) is 2. The second-order valence-corrected chi connectivity index (χ2v) is 6.16. The van der Waals surface area contributed by atoms with Crippen LogP contribution in [0.15, 0.2) is 18.2 Å². The fraction of sp³-hybridized carbons (Fsp3) is 0.429. The molecule has 0 aliphatic heterocycles. The van der Waals surface area contributed by atoms with Crippen molar-refractivity contribution in [2.45, 2.75) is 32.2 Å². The third-order valence-electron chi connectivity index (χ3n) is 3.48. The number of nitrogens with one attached hydrogen (secondary N) is 1. The van der Waals surface area contributed by atoms with Crippen molar-refractivity contribution in [3.63, 3.8) is 0 Å². The maximum atomic E-state index is 12.2. The summed E-state index contributed by atoms with van der Waals surface area (Å²) in [5.74, 6) is -1.19. The van der Waals surface area contributed by atoms with Gasteiger partial charge in [-0.15, -0.1) is 0 Å². The molecule has 1 aliphatic rings. The van der Waals surface area contributed by atoms with Crippen molar-refractivity contribution in [2.75, 3.05) is 0 Å². The van der Waals surface area contributed by atoms with Gasteiger partial charge in [0.15, 0.2) is 0 Å². The van der Waals surface area contributed by atoms with Crippen LogP contribution in [-0.2, 0) is 4.79 Å². The van der Waals surface area contributed by atoms with Crippen LogP contribution in [0.3, 0.4) is 0 Å². The Hall–Kier alpha value is -1.11. The molecule has 1 amide bonds. The number of carbonyl (C=O) groups is 2. The van der Waals surface area contributed by atoms with Gasteiger partial charge in [-0.05, 0) is 60.9 Å². The minimum Gasteiger partial charge on any atom is -0.481 e. The molecule has 5 heteroatoms. The molecule has 4 nitrogen and oxygen atoms in total. The predicted octanol–water partition coefficient (Wildman–Crippen LogP) is 2.58. The standard InChI is InChI=1S/C14H16INO3/c1-8-2-5-12(15)11(6-8)13(17)16-10-4-3-9(7-10)14(18)19/h2,5-6,9-10H,3-4,7H2,1H3,(H,16,17)(H,18,19)/t9-,10+/m0/s1. The Morgan fingerprint density at radius 1 is 1.37 bits per heavy atom. The summed E-state index contributed by atoms with van der Waals surface area (Å²) in [6.45, 7) is 1.95. The molecular formula is C14H16INO3. The van der Waals surface area contributed by atoms with Gasteiger partial charge in [0.05, 0.1) is 11.5 Å². The Bertz CT molecular complexity index is 515. The molecule has 102 valence electrons. The van der Waals surface area contributed by atoms with Crippen LogP contribution < -0.4 is 5.32 Å². The summed E-state index contributed by atoms with van der Waals surface area (Å²) < 4.78 is 0.911. The average Bonchev–Trinajstić information content (AvgIpc) is 2.80. The van der Waals surface area contributed by atoms with Gasteiger partial charge in [-0.25, -0.2) is 0 Å². The smallest absolute Gasteiger partial charge is 0.306 e. The molecule has 0 saturated heterocycles. The number of carbonyl (C=O) groups excluding carboxylic acids is 1. The Balaban J connectivity index is 2.02. The average molecular weight is 373 g/mol. The number of carboxylic acid groups (broad SMARTS) is 1. The Labute approximate surface area is 125 Å². The van der Waals surface area contributed by atoms with Gasteiger partial charge in [0, 0.05) is 9.61 Å². The van der Waals surface area contributed by atoms with Gasteiger partial charge in [-0.2, -0.15) is 0 Å². The van der Waals surface area contributed by atoms with E-state index < -0.39 is 5.97 Å². The SMILES string of the molecule is Cc1ccc(I)c(C(=O)N[C@@H]2CC[C@H](C(=O)O)C2)c1. The third kappa shape index (κ3) is 3.46. The monoisotopic (exact) mass is 373 g/mol. The molecule has 2 rings (SSSR count). The first kappa shape index (κ1) is 14.3. The lowest BCUT2D eigenvalue weighted by Crippen LogP contribution is -2.33. The highest BCUT2D eigenvalue weighted by molar-refractivity contribution is 14.1. The van der Waals surface area contributed by atoms with Crippen molar-refractivity contribution in [2.24, 2.45) is 5.92 Å². The maximum absolute atomic E-state index is 12.2. The number of benzene rings is 1. The summed E-state index contributed by atoms with van der Waals surface area (Å²) in [7, 11) is 0. The number of hydrogen-bond acceptors (Lipinski definition) is 2. The molecule has 2 atom stereocenters. The fourth-order valence-corrected chi connectivity index (χ4v) is 2.99. The molecule has 1 aliphatic carbocycles. The van der Waals surface area contributed by atoms with Crippen LogP contribution in [0.2, 0.25) is 0 Å². The molecule has 0 heterocycles. The van der Waals surface area contributed by atoms with Crippen molar-refractivity contribution < 1.29 is 14.7 Å². The molecule has 2 N–H and O–H groups in total. The van der Waals surface area contributed by atoms with E-state index in [0.29, 0.717) is 18.4 Å². The molecule has 19 heavy (non-hydrogen) atoms. The number of amides is 1. The van der Waals surface area contributed by atoms with Crippen LogP contribution in [0, 0.1) is 16.4 Å². The second kappa shape index (κ2) is 5.90. The summed E-state index contributed by atoms with van der Waals surface area (Å²) in [5.41, 5.74) is 1.71. The van der Waals surface area contributed by atoms with E-state index in [1.54, 1.807) is 0 Å². The quantitative estimate of drug-likeness (QED) is 0.801. The van der Waals surface area contributed by atoms with E-state index in [4.69, 9.17) is 5.11 Å². The van der Waals surface area contributed by atoms with Gasteiger partial charge in [-0.3, -0.25) is 9.59 Å². The second-order valence-electron chi connectivity index (χ2n) is 5.00. The molecule has 1 aromatic rings. The number of rotatable bonds is 3. The van der Waals surface area contributed by atoms with Crippen molar-refractivity contribution in [1.29, 1.82) is 0 Å². The molecule has 1 saturated carbocycles. The Kier molecular flexibility index (Phi) is 4.44. The van der Waals surface area contributed by atoms with Gasteiger partial charge >= 0.3 is 5.97 Å². The van der Waals surface area contributed by atoms with Gasteiger partial charge in [0.2, 0.25) is 0 Å². The number of carboxylic acids is 1. The van der Waals surface area contributed by atoms with Gasteiger partial charge in [0.25, 0.3) is 5.91 Å². The van der Waals surface area contributed by atoms with E-state index in [1.807, 2.05) is 25.1 Å². The van der Waals surface area contributed by atoms with Crippen LogP contribution >= 0.6 is 22.6 Å². The fourth-order valence-electron chi connectivity index (χ4n) is 2.41. The lowest BCUT2D eigenvalue weighted by atomic mass is 10.1. The van der Waals surface area contributed by atoms with Crippen LogP contribution in [-0.4, -0.2) is 23.0 Å². The van der Waals surface area contributed by atoms with Crippen molar-refractivity contribution in [3.8, 4) is 0 Å². The van der Waals surface area contributed by atoms with Crippen LogP contribution in [0.5, 0.6) is 0 Å². The van der Waals surface area contributed by atoms with Crippen LogP contribution in [0.4, 0.5) is 0 Å². The first-order valence-corrected chi connectivity index (χ1v) is 7.35. The minimum atomic E-state index is -0.762. The zero-order valence-corrected chi connectivity index (χ0v) is 12.8. The highest BCUT2D eigenvalue weighted by atomic mass is 127. The van der Waals surface area contributed by atoms with Gasteiger partial charge in [-0.1, -0.05) is 11.6 Å². The number of aliphatic carboxylic acids is 1. The van der Waals surface area contributed by atoms with Gasteiger partial charge in [0.1, 0.15) is 0 Å². The summed E-state index contributed by atoms with van der Waals surface area (Å²) in [6, 6.07) is 5.72. The number of aryl methyl sites for hydroxylation is 1. The molecule has 0 aromatic heterocycles. The zero-order chi connectivity index (χ0) is 14.0. The Morgan fingerprint density at radius 3 is 2.74 bits per heavy atom. The molecule has 0 radical (unpaired) electrons. The molecule has 0 unspecified atom stereocenters. The summed E-state index contributed by atoms with van der Waals surface area (Å²) in [6.07, 6.45) is 1.92. The van der Waals surface area contributed by atoms with E-state index in [1.165, 1.54) is 0 Å². The Morgan fingerprint density at radius 2 is 2.11 bits per heavy atom. The highest BCUT2D eigenvalue weighted by Crippen LogP contribution is 2.26. The number of halogens is 1. The van der Waals surface area contributed by atoms with Crippen LogP contribution in [0.1, 0.15) is 35.2 Å². The molecule has 1 aromatic carbocycles. The molecule has 0 bridgehead atoms. The minimum absolute atomic E-state index is 0.0232. The summed E-state index contributed by atoms with van der Waals surface area (Å²) in [4.78, 5) is 23.1. The topological polar surface area (TPSA) is 66.4 Å². The highest BCUT2D eigenvalue weighted by Gasteiger charge is 2.30. The summed E-state index contributed by atoms with van der Waals surface area (Å²) >= 11 is 2.14. The lowest BCUT2D eigenvalue weighted by molar-refractivity contribution is -0.141. The van der Waals surface area contributed by atoms with E-state index in [2.05, 4.69) is 27.9 Å². The van der Waals surface area contributed by atoms with E-state index in [0.717, 1.165) is 15.6 Å². The van der Waals surface area contributed by atoms with Crippen molar-refractivity contribution in [3.05, 3.63) is 32.9 Å². The molecule has 1 fully saturated rings. The van der Waals surface area contributed by atoms with Crippen molar-refractivity contribution in [1.82, 2.24) is 5.32 Å². The summed E-state index contributed by atoms with van der Waals surface area (Å²) in [5, 5.41) is 11.9. The van der Waals surface area contributed by atoms with Gasteiger partial charge < -0.3 is 10.4 Å². The predicted molar refractivity (Wildman–Crippen MR) is 80.1 cm³/mol. The van der Waals surface area contributed by atoms with E-state index in [-0.39, 0.29) is 17.9 Å².